The second kappa shape index (κ2) is 6.24. The number of nitrogens with two attached hydrogens (primary N) is 1. The Morgan fingerprint density at radius 1 is 1.28 bits per heavy atom. The van der Waals surface area contributed by atoms with E-state index in [0.29, 0.717) is 29.2 Å². The zero-order chi connectivity index (χ0) is 17.6. The summed E-state index contributed by atoms with van der Waals surface area (Å²) >= 11 is 0. The molecule has 4 rings (SSSR count). The summed E-state index contributed by atoms with van der Waals surface area (Å²) in [5.74, 6) is 11.5. The van der Waals surface area contributed by atoms with Crippen molar-refractivity contribution >= 4 is 16.9 Å². The molecule has 1 unspecified atom stereocenters. The van der Waals surface area contributed by atoms with Crippen LogP contribution in [0.5, 0.6) is 0 Å². The summed E-state index contributed by atoms with van der Waals surface area (Å²) in [6.07, 6.45) is 2.24. The van der Waals surface area contributed by atoms with Gasteiger partial charge in [-0.15, -0.1) is 0 Å². The molecule has 0 saturated heterocycles. The van der Waals surface area contributed by atoms with E-state index in [2.05, 4.69) is 32.3 Å². The van der Waals surface area contributed by atoms with E-state index in [1.165, 1.54) is 6.33 Å². The standard InChI is InChI=1S/C16H20N6O3/c17-21-15-10-6-20-22(16(10)19-7-18-15)11-5-9(13(24)14(11)25)12(23)4-3-8-1-2-8/h6-9,11-14,23-25H,1-2,5,17H2,(H,18,19,21)/t9-,11-,12?,13-,14+/m1/s1. The van der Waals surface area contributed by atoms with Gasteiger partial charge in [0.25, 0.3) is 0 Å². The molecule has 0 spiro atoms. The lowest BCUT2D eigenvalue weighted by Crippen LogP contribution is -2.33. The van der Waals surface area contributed by atoms with Crippen LogP contribution in [0.3, 0.4) is 0 Å². The van der Waals surface area contributed by atoms with E-state index < -0.39 is 30.3 Å². The molecule has 5 atom stereocenters. The SMILES string of the molecule is NNc1ncnc2c1cnn2[C@@H]1C[C@H](C(O)C#CC2CC2)[C@@H](O)[C@H]1O. The molecule has 9 heteroatoms. The number of anilines is 1. The van der Waals surface area contributed by atoms with Gasteiger partial charge in [0, 0.05) is 11.8 Å². The van der Waals surface area contributed by atoms with Gasteiger partial charge in [-0.2, -0.15) is 5.10 Å². The van der Waals surface area contributed by atoms with Crippen molar-refractivity contribution in [3.05, 3.63) is 12.5 Å². The number of aliphatic hydroxyl groups is 3. The number of nitrogens with zero attached hydrogens (tertiary/aromatic N) is 4. The number of hydrogen-bond donors (Lipinski definition) is 5. The van der Waals surface area contributed by atoms with Gasteiger partial charge in [0.1, 0.15) is 18.5 Å². The third-order valence-corrected chi connectivity index (χ3v) is 4.96. The Morgan fingerprint density at radius 3 is 2.80 bits per heavy atom. The first kappa shape index (κ1) is 16.2. The van der Waals surface area contributed by atoms with Gasteiger partial charge in [0.05, 0.1) is 23.7 Å². The lowest BCUT2D eigenvalue weighted by molar-refractivity contribution is -0.0148. The van der Waals surface area contributed by atoms with E-state index in [1.807, 2.05) is 0 Å². The van der Waals surface area contributed by atoms with Crippen LogP contribution in [0.4, 0.5) is 5.82 Å². The van der Waals surface area contributed by atoms with Crippen molar-refractivity contribution in [3.63, 3.8) is 0 Å². The highest BCUT2D eigenvalue weighted by molar-refractivity contribution is 5.85. The first-order valence-electron chi connectivity index (χ1n) is 8.30. The first-order chi connectivity index (χ1) is 12.1. The monoisotopic (exact) mass is 344 g/mol. The van der Waals surface area contributed by atoms with Gasteiger partial charge >= 0.3 is 0 Å². The predicted molar refractivity (Wildman–Crippen MR) is 88.8 cm³/mol. The Morgan fingerprint density at radius 2 is 2.08 bits per heavy atom. The molecular weight excluding hydrogens is 324 g/mol. The normalized spacial score (nSPS) is 30.1. The predicted octanol–water partition coefficient (Wildman–Crippen LogP) is -0.831. The number of rotatable bonds is 3. The fraction of sp³-hybridized carbons (Fsp3) is 0.562. The van der Waals surface area contributed by atoms with Gasteiger partial charge in [-0.1, -0.05) is 11.8 Å². The molecule has 6 N–H and O–H groups in total. The molecule has 2 heterocycles. The van der Waals surface area contributed by atoms with Crippen LogP contribution >= 0.6 is 0 Å². The molecule has 0 aromatic carbocycles. The first-order valence-corrected chi connectivity index (χ1v) is 8.30. The molecular formula is C16H20N6O3. The second-order valence-electron chi connectivity index (χ2n) is 6.65. The number of hydrogen-bond acceptors (Lipinski definition) is 8. The van der Waals surface area contributed by atoms with Gasteiger partial charge < -0.3 is 20.7 Å². The van der Waals surface area contributed by atoms with Crippen LogP contribution in [-0.2, 0) is 0 Å². The number of nitrogen functional groups attached to an aromatic ring is 1. The third-order valence-electron chi connectivity index (χ3n) is 4.96. The Hall–Kier alpha value is -2.25. The van der Waals surface area contributed by atoms with Gasteiger partial charge in [-0.3, -0.25) is 0 Å². The summed E-state index contributed by atoms with van der Waals surface area (Å²) < 4.78 is 1.55. The molecule has 25 heavy (non-hydrogen) atoms. The largest absolute Gasteiger partial charge is 0.390 e. The summed E-state index contributed by atoms with van der Waals surface area (Å²) in [5.41, 5.74) is 2.98. The lowest BCUT2D eigenvalue weighted by Gasteiger charge is -2.18. The van der Waals surface area contributed by atoms with Gasteiger partial charge in [0.2, 0.25) is 0 Å². The van der Waals surface area contributed by atoms with E-state index in [-0.39, 0.29) is 0 Å². The minimum absolute atomic E-state index is 0.342. The molecule has 132 valence electrons. The highest BCUT2D eigenvalue weighted by Crippen LogP contribution is 2.38. The number of hydrazine groups is 1. The molecule has 2 aromatic rings. The van der Waals surface area contributed by atoms with Crippen LogP contribution in [-0.4, -0.2) is 53.4 Å². The van der Waals surface area contributed by atoms with Crippen LogP contribution in [0.15, 0.2) is 12.5 Å². The summed E-state index contributed by atoms with van der Waals surface area (Å²) in [5, 5.41) is 36.0. The Bertz CT molecular complexity index is 839. The zero-order valence-electron chi connectivity index (χ0n) is 13.4. The molecule has 2 aromatic heterocycles. The van der Waals surface area contributed by atoms with Crippen molar-refractivity contribution in [3.8, 4) is 11.8 Å². The lowest BCUT2D eigenvalue weighted by atomic mass is 9.98. The second-order valence-corrected chi connectivity index (χ2v) is 6.65. The van der Waals surface area contributed by atoms with Crippen molar-refractivity contribution in [1.29, 1.82) is 0 Å². The maximum atomic E-state index is 10.5. The fourth-order valence-electron chi connectivity index (χ4n) is 3.36. The smallest absolute Gasteiger partial charge is 0.163 e. The Balaban J connectivity index is 1.62. The van der Waals surface area contributed by atoms with Gasteiger partial charge in [-0.25, -0.2) is 20.5 Å². The van der Waals surface area contributed by atoms with Crippen LogP contribution in [0.25, 0.3) is 11.0 Å². The maximum absolute atomic E-state index is 10.5. The molecule has 0 bridgehead atoms. The number of fused-ring (bicyclic) bond motifs is 1. The molecule has 0 aliphatic heterocycles. The Kier molecular flexibility index (Phi) is 4.05. The summed E-state index contributed by atoms with van der Waals surface area (Å²) in [4.78, 5) is 8.22. The molecule has 0 radical (unpaired) electrons. The van der Waals surface area contributed by atoms with E-state index in [1.54, 1.807) is 10.9 Å². The Labute approximate surface area is 143 Å². The van der Waals surface area contributed by atoms with Crippen LogP contribution < -0.4 is 11.3 Å². The van der Waals surface area contributed by atoms with Crippen molar-refractivity contribution in [2.24, 2.45) is 17.7 Å². The number of aromatic nitrogens is 4. The van der Waals surface area contributed by atoms with E-state index in [9.17, 15) is 15.3 Å². The van der Waals surface area contributed by atoms with Gasteiger partial charge in [0.15, 0.2) is 11.5 Å². The quantitative estimate of drug-likeness (QED) is 0.276. The third kappa shape index (κ3) is 2.83. The maximum Gasteiger partial charge on any atom is 0.163 e. The molecule has 2 fully saturated rings. The fourth-order valence-corrected chi connectivity index (χ4v) is 3.36. The molecule has 2 aliphatic rings. The summed E-state index contributed by atoms with van der Waals surface area (Å²) in [6, 6.07) is -0.518. The van der Waals surface area contributed by atoms with E-state index in [0.717, 1.165) is 12.8 Å². The van der Waals surface area contributed by atoms with Crippen LogP contribution in [0, 0.1) is 23.7 Å². The number of nitrogens with one attached hydrogen (secondary N) is 1. The van der Waals surface area contributed by atoms with Crippen LogP contribution in [0.2, 0.25) is 0 Å². The van der Waals surface area contributed by atoms with Crippen molar-refractivity contribution in [1.82, 2.24) is 19.7 Å². The van der Waals surface area contributed by atoms with Crippen molar-refractivity contribution in [2.75, 3.05) is 5.43 Å². The van der Waals surface area contributed by atoms with Gasteiger partial charge in [-0.05, 0) is 19.3 Å². The van der Waals surface area contributed by atoms with E-state index >= 15 is 0 Å². The highest BCUT2D eigenvalue weighted by atomic mass is 16.3. The van der Waals surface area contributed by atoms with Crippen LogP contribution in [0.1, 0.15) is 25.3 Å². The molecule has 2 aliphatic carbocycles. The average molecular weight is 344 g/mol. The summed E-state index contributed by atoms with van der Waals surface area (Å²) in [6.45, 7) is 0. The number of aliphatic hydroxyl groups excluding tert-OH is 3. The summed E-state index contributed by atoms with van der Waals surface area (Å²) in [7, 11) is 0. The van der Waals surface area contributed by atoms with Crippen molar-refractivity contribution < 1.29 is 15.3 Å². The zero-order valence-corrected chi connectivity index (χ0v) is 13.4. The topological polar surface area (TPSA) is 142 Å². The molecule has 9 nitrogen and oxygen atoms in total. The minimum Gasteiger partial charge on any atom is -0.390 e. The minimum atomic E-state index is -1.08. The average Bonchev–Trinajstić information content (AvgIpc) is 3.29. The molecule has 2 saturated carbocycles. The van der Waals surface area contributed by atoms with Crippen molar-refractivity contribution in [2.45, 2.75) is 43.6 Å². The molecule has 0 amide bonds. The van der Waals surface area contributed by atoms with E-state index in [4.69, 9.17) is 5.84 Å². The highest BCUT2D eigenvalue weighted by Gasteiger charge is 2.46.